The predicted molar refractivity (Wildman–Crippen MR) is 56.6 cm³/mol. The van der Waals surface area contributed by atoms with Gasteiger partial charge in [0.25, 0.3) is 0 Å². The lowest BCUT2D eigenvalue weighted by Gasteiger charge is -2.16. The molecule has 15 heavy (non-hydrogen) atoms. The van der Waals surface area contributed by atoms with Crippen molar-refractivity contribution in [2.75, 3.05) is 26.7 Å². The van der Waals surface area contributed by atoms with E-state index < -0.39 is 0 Å². The number of carbonyl (C=O) groups is 1. The summed E-state index contributed by atoms with van der Waals surface area (Å²) in [4.78, 5) is 17.3. The number of hydrogen-bond acceptors (Lipinski definition) is 6. The van der Waals surface area contributed by atoms with Crippen LogP contribution in [-0.4, -0.2) is 43.7 Å². The zero-order valence-corrected chi connectivity index (χ0v) is 9.66. The number of nitrogens with one attached hydrogen (secondary N) is 1. The molecule has 0 aliphatic rings. The molecule has 0 atom stereocenters. The first-order valence-electron chi connectivity index (χ1n) is 5.01. The number of nitrogens with two attached hydrogens (primary N) is 1. The molecule has 0 aliphatic heterocycles. The zero-order chi connectivity index (χ0) is 11.7. The molecule has 0 aliphatic carbocycles. The Morgan fingerprint density at radius 3 is 2.67 bits per heavy atom. The summed E-state index contributed by atoms with van der Waals surface area (Å²) in [6, 6.07) is 0. The van der Waals surface area contributed by atoms with Crippen molar-refractivity contribution >= 4 is 5.97 Å². The van der Waals surface area contributed by atoms with Crippen LogP contribution >= 0.6 is 0 Å². The Bertz CT molecular complexity index is 176. The molecule has 90 valence electrons. The van der Waals surface area contributed by atoms with E-state index in [1.54, 1.807) is 0 Å². The van der Waals surface area contributed by atoms with Crippen LogP contribution in [0.5, 0.6) is 0 Å². The maximum absolute atomic E-state index is 10.9. The summed E-state index contributed by atoms with van der Waals surface area (Å²) in [7, 11) is 1.92. The Balaban J connectivity index is 3.40. The van der Waals surface area contributed by atoms with Gasteiger partial charge < -0.3 is 14.5 Å². The van der Waals surface area contributed by atoms with Crippen molar-refractivity contribution in [2.24, 2.45) is 5.84 Å². The van der Waals surface area contributed by atoms with E-state index in [1.807, 2.05) is 31.4 Å². The fraction of sp³-hybridized carbons (Fsp3) is 0.889. The summed E-state index contributed by atoms with van der Waals surface area (Å²) >= 11 is 0. The number of rotatable bonds is 8. The van der Waals surface area contributed by atoms with Crippen molar-refractivity contribution in [3.05, 3.63) is 0 Å². The third kappa shape index (κ3) is 9.61. The summed E-state index contributed by atoms with van der Waals surface area (Å²) in [6.45, 7) is 6.07. The normalized spacial score (nSPS) is 11.1. The van der Waals surface area contributed by atoms with Gasteiger partial charge in [0.2, 0.25) is 0 Å². The van der Waals surface area contributed by atoms with Crippen LogP contribution in [0.4, 0.5) is 0 Å². The van der Waals surface area contributed by atoms with Crippen LogP contribution < -0.4 is 11.4 Å². The largest absolute Gasteiger partial charge is 0.377 e. The minimum Gasteiger partial charge on any atom is -0.377 e. The van der Waals surface area contributed by atoms with Crippen molar-refractivity contribution in [1.82, 2.24) is 10.5 Å². The first-order chi connectivity index (χ1) is 7.06. The van der Waals surface area contributed by atoms with Gasteiger partial charge in [-0.3, -0.25) is 4.79 Å². The van der Waals surface area contributed by atoms with Crippen LogP contribution in [0.15, 0.2) is 0 Å². The Morgan fingerprint density at radius 2 is 2.13 bits per heavy atom. The molecule has 6 heteroatoms. The predicted octanol–water partition coefficient (Wildman–Crippen LogP) is -0.345. The summed E-state index contributed by atoms with van der Waals surface area (Å²) in [5, 5.41) is 0. The van der Waals surface area contributed by atoms with E-state index in [1.165, 1.54) is 0 Å². The molecule has 0 aromatic rings. The molecule has 6 nitrogen and oxygen atoms in total. The average molecular weight is 219 g/mol. The second-order valence-corrected chi connectivity index (χ2v) is 3.56. The smallest absolute Gasteiger partial charge is 0.327 e. The number of likely N-dealkylation sites (N-methyl/N-ethyl adjacent to an activating group) is 1. The Labute approximate surface area is 90.6 Å². The van der Waals surface area contributed by atoms with Crippen LogP contribution in [0, 0.1) is 0 Å². The maximum atomic E-state index is 10.9. The van der Waals surface area contributed by atoms with Crippen molar-refractivity contribution in [2.45, 2.75) is 26.4 Å². The third-order valence-corrected chi connectivity index (χ3v) is 1.79. The van der Waals surface area contributed by atoms with Gasteiger partial charge in [-0.2, -0.15) is 0 Å². The molecule has 0 unspecified atom stereocenters. The second-order valence-electron chi connectivity index (χ2n) is 3.56. The van der Waals surface area contributed by atoms with Gasteiger partial charge in [-0.05, 0) is 20.9 Å². The molecular formula is C9H21N3O3. The highest BCUT2D eigenvalue weighted by Crippen LogP contribution is 1.92. The molecule has 0 radical (unpaired) electrons. The van der Waals surface area contributed by atoms with Crippen molar-refractivity contribution < 1.29 is 14.4 Å². The lowest BCUT2D eigenvalue weighted by atomic mass is 10.4. The van der Waals surface area contributed by atoms with Gasteiger partial charge in [0.1, 0.15) is 0 Å². The molecular weight excluding hydrogens is 198 g/mol. The van der Waals surface area contributed by atoms with E-state index in [2.05, 4.69) is 4.84 Å². The molecule has 0 aromatic carbocycles. The Morgan fingerprint density at radius 1 is 1.47 bits per heavy atom. The van der Waals surface area contributed by atoms with Gasteiger partial charge in [-0.15, -0.1) is 0 Å². The lowest BCUT2D eigenvalue weighted by molar-refractivity contribution is -0.151. The van der Waals surface area contributed by atoms with E-state index in [-0.39, 0.29) is 12.1 Å². The second kappa shape index (κ2) is 8.60. The van der Waals surface area contributed by atoms with Crippen molar-refractivity contribution in [1.29, 1.82) is 0 Å². The first-order valence-corrected chi connectivity index (χ1v) is 5.01. The number of hydrazine groups is 1. The van der Waals surface area contributed by atoms with Crippen LogP contribution in [0.1, 0.15) is 20.3 Å². The molecule has 0 fully saturated rings. The number of carbonyl (C=O) groups excluding carboxylic acids is 1. The highest BCUT2D eigenvalue weighted by Gasteiger charge is 2.05. The molecule has 0 amide bonds. The summed E-state index contributed by atoms with van der Waals surface area (Å²) in [6.07, 6.45) is 0.548. The molecule has 0 spiro atoms. The molecule has 0 saturated carbocycles. The van der Waals surface area contributed by atoms with Crippen LogP contribution in [0.2, 0.25) is 0 Å². The zero-order valence-electron chi connectivity index (χ0n) is 9.66. The monoisotopic (exact) mass is 219 g/mol. The highest BCUT2D eigenvalue weighted by molar-refractivity contribution is 5.69. The fourth-order valence-corrected chi connectivity index (χ4v) is 0.955. The van der Waals surface area contributed by atoms with Crippen molar-refractivity contribution in [3.63, 3.8) is 0 Å². The molecule has 0 bridgehead atoms. The minimum absolute atomic E-state index is 0.241. The van der Waals surface area contributed by atoms with E-state index in [0.29, 0.717) is 19.6 Å². The molecule has 3 N–H and O–H groups in total. The molecule has 0 saturated heterocycles. The van der Waals surface area contributed by atoms with E-state index in [4.69, 9.17) is 10.6 Å². The first kappa shape index (κ1) is 14.3. The quantitative estimate of drug-likeness (QED) is 0.429. The molecule has 0 rings (SSSR count). The lowest BCUT2D eigenvalue weighted by Crippen LogP contribution is -2.30. The van der Waals surface area contributed by atoms with Gasteiger partial charge in [-0.1, -0.05) is 5.59 Å². The van der Waals surface area contributed by atoms with Crippen LogP contribution in [0.3, 0.4) is 0 Å². The van der Waals surface area contributed by atoms with Gasteiger partial charge >= 0.3 is 5.97 Å². The summed E-state index contributed by atoms with van der Waals surface area (Å²) in [5.41, 5.74) is 1.86. The molecule has 0 aromatic heterocycles. The molecule has 0 heterocycles. The minimum atomic E-state index is -0.367. The Kier molecular flexibility index (Phi) is 8.21. The van der Waals surface area contributed by atoms with Crippen LogP contribution in [0.25, 0.3) is 0 Å². The van der Waals surface area contributed by atoms with E-state index >= 15 is 0 Å². The number of nitrogens with zero attached hydrogens (tertiary/aromatic N) is 1. The number of ether oxygens (including phenoxy) is 1. The fourth-order valence-electron chi connectivity index (χ4n) is 0.955. The average Bonchev–Trinajstić information content (AvgIpc) is 2.14. The van der Waals surface area contributed by atoms with E-state index in [0.717, 1.165) is 6.54 Å². The summed E-state index contributed by atoms with van der Waals surface area (Å²) < 4.78 is 5.38. The highest BCUT2D eigenvalue weighted by atomic mass is 16.7. The SMILES string of the molecule is CC(C)OCCN(C)CCC(=O)ONN. The van der Waals surface area contributed by atoms with Gasteiger partial charge in [0, 0.05) is 13.1 Å². The van der Waals surface area contributed by atoms with Gasteiger partial charge in [-0.25, -0.2) is 5.84 Å². The standard InChI is InChI=1S/C9H21N3O3/c1-8(2)14-7-6-12(3)5-4-9(13)15-11-10/h8,11H,4-7,10H2,1-3H3. The van der Waals surface area contributed by atoms with Crippen LogP contribution in [-0.2, 0) is 14.4 Å². The maximum Gasteiger partial charge on any atom is 0.327 e. The van der Waals surface area contributed by atoms with Gasteiger partial charge in [0.05, 0.1) is 19.1 Å². The number of hydrogen-bond donors (Lipinski definition) is 2. The van der Waals surface area contributed by atoms with E-state index in [9.17, 15) is 4.79 Å². The topological polar surface area (TPSA) is 76.8 Å². The Hall–Kier alpha value is -0.690. The summed E-state index contributed by atoms with van der Waals surface area (Å²) in [5.74, 6) is 4.46. The van der Waals surface area contributed by atoms with Gasteiger partial charge in [0.15, 0.2) is 0 Å². The third-order valence-electron chi connectivity index (χ3n) is 1.79. The van der Waals surface area contributed by atoms with Crippen molar-refractivity contribution in [3.8, 4) is 0 Å².